The second-order valence-electron chi connectivity index (χ2n) is 8.67. The molecule has 0 fully saturated rings. The maximum absolute atomic E-state index is 12.9. The van der Waals surface area contributed by atoms with Crippen LogP contribution in [0, 0.1) is 13.8 Å². The summed E-state index contributed by atoms with van der Waals surface area (Å²) < 4.78 is 5.47. The molecule has 0 saturated heterocycles. The number of anilines is 1. The van der Waals surface area contributed by atoms with Crippen molar-refractivity contribution in [2.24, 2.45) is 10.7 Å². The van der Waals surface area contributed by atoms with Crippen LogP contribution in [-0.2, 0) is 22.6 Å². The molecule has 1 atom stereocenters. The molecular weight excluding hydrogens is 426 g/mol. The zero-order chi connectivity index (χ0) is 24.1. The molecule has 1 aliphatic rings. The van der Waals surface area contributed by atoms with Gasteiger partial charge in [-0.2, -0.15) is 0 Å². The Kier molecular flexibility index (Phi) is 7.18. The van der Waals surface area contributed by atoms with Crippen LogP contribution in [0.15, 0.2) is 65.7 Å². The maximum Gasteiger partial charge on any atom is 0.338 e. The molecule has 6 heteroatoms. The standard InChI is InChI=1S/C28H29N3O3/c1-18-11-19(2)13-24(12-18)28(33)34-17-20-3-5-21(6-4-20)26(15-29)27(32)31-25-8-7-23-16-30-10-9-22(23)14-25/h3-8,11-14,16,26H,9-10,15,17,29H2,1-2H3,(H,31,32). The molecule has 1 amide bonds. The van der Waals surface area contributed by atoms with Gasteiger partial charge in [0.25, 0.3) is 0 Å². The molecule has 0 spiro atoms. The van der Waals surface area contributed by atoms with Crippen molar-refractivity contribution in [1.82, 2.24) is 0 Å². The molecule has 0 bridgehead atoms. The number of hydrogen-bond acceptors (Lipinski definition) is 5. The highest BCUT2D eigenvalue weighted by atomic mass is 16.5. The Labute approximate surface area is 199 Å². The summed E-state index contributed by atoms with van der Waals surface area (Å²) in [5, 5.41) is 2.99. The van der Waals surface area contributed by atoms with Crippen molar-refractivity contribution >= 4 is 23.8 Å². The number of nitrogens with two attached hydrogens (primary N) is 1. The van der Waals surface area contributed by atoms with Crippen LogP contribution in [0.25, 0.3) is 0 Å². The van der Waals surface area contributed by atoms with Gasteiger partial charge in [0, 0.05) is 25.0 Å². The number of carbonyl (C=O) groups excluding carboxylic acids is 2. The minimum atomic E-state index is -0.482. The monoisotopic (exact) mass is 455 g/mol. The van der Waals surface area contributed by atoms with E-state index in [1.807, 2.05) is 80.7 Å². The van der Waals surface area contributed by atoms with E-state index in [0.717, 1.165) is 46.5 Å². The number of hydrogen-bond donors (Lipinski definition) is 2. The minimum absolute atomic E-state index is 0.152. The number of nitrogens with zero attached hydrogens (tertiary/aromatic N) is 1. The van der Waals surface area contributed by atoms with Gasteiger partial charge in [-0.3, -0.25) is 9.79 Å². The van der Waals surface area contributed by atoms with Gasteiger partial charge in [0.2, 0.25) is 5.91 Å². The minimum Gasteiger partial charge on any atom is -0.457 e. The Morgan fingerprint density at radius 1 is 1.03 bits per heavy atom. The summed E-state index contributed by atoms with van der Waals surface area (Å²) in [6.45, 7) is 5.01. The van der Waals surface area contributed by atoms with Crippen LogP contribution in [-0.4, -0.2) is 31.2 Å². The van der Waals surface area contributed by atoms with E-state index in [0.29, 0.717) is 5.56 Å². The molecule has 3 aromatic carbocycles. The predicted molar refractivity (Wildman–Crippen MR) is 135 cm³/mol. The lowest BCUT2D eigenvalue weighted by Gasteiger charge is -2.17. The molecule has 1 heterocycles. The van der Waals surface area contributed by atoms with Crippen molar-refractivity contribution in [1.29, 1.82) is 0 Å². The highest BCUT2D eigenvalue weighted by Gasteiger charge is 2.20. The second-order valence-corrected chi connectivity index (χ2v) is 8.67. The average molecular weight is 456 g/mol. The smallest absolute Gasteiger partial charge is 0.338 e. The fraction of sp³-hybridized carbons (Fsp3) is 0.250. The Morgan fingerprint density at radius 2 is 1.76 bits per heavy atom. The van der Waals surface area contributed by atoms with E-state index < -0.39 is 5.92 Å². The predicted octanol–water partition coefficient (Wildman–Crippen LogP) is 4.32. The lowest BCUT2D eigenvalue weighted by Crippen LogP contribution is -2.27. The normalized spacial score (nSPS) is 13.1. The van der Waals surface area contributed by atoms with Crippen LogP contribution in [0.3, 0.4) is 0 Å². The first kappa shape index (κ1) is 23.4. The Hall–Kier alpha value is -3.77. The van der Waals surface area contributed by atoms with Gasteiger partial charge in [0.1, 0.15) is 6.61 Å². The lowest BCUT2D eigenvalue weighted by molar-refractivity contribution is -0.117. The number of aryl methyl sites for hydroxylation is 2. The molecule has 3 aromatic rings. The fourth-order valence-electron chi connectivity index (χ4n) is 4.17. The zero-order valence-electron chi connectivity index (χ0n) is 19.5. The molecule has 4 rings (SSSR count). The molecule has 1 aliphatic heterocycles. The van der Waals surface area contributed by atoms with Crippen LogP contribution >= 0.6 is 0 Å². The Bertz CT molecular complexity index is 1210. The van der Waals surface area contributed by atoms with Gasteiger partial charge in [-0.05, 0) is 66.8 Å². The van der Waals surface area contributed by atoms with Gasteiger partial charge in [-0.1, -0.05) is 47.5 Å². The number of rotatable bonds is 7. The molecule has 0 saturated carbocycles. The summed E-state index contributed by atoms with van der Waals surface area (Å²) in [5.74, 6) is -0.989. The largest absolute Gasteiger partial charge is 0.457 e. The van der Waals surface area contributed by atoms with Gasteiger partial charge in [-0.15, -0.1) is 0 Å². The molecular formula is C28H29N3O3. The van der Waals surface area contributed by atoms with Gasteiger partial charge >= 0.3 is 5.97 Å². The molecule has 1 unspecified atom stereocenters. The second kappa shape index (κ2) is 10.4. The number of benzene rings is 3. The van der Waals surface area contributed by atoms with Gasteiger partial charge < -0.3 is 15.8 Å². The third-order valence-electron chi connectivity index (χ3n) is 5.91. The average Bonchev–Trinajstić information content (AvgIpc) is 2.83. The number of aliphatic imine (C=N–C) groups is 1. The topological polar surface area (TPSA) is 93.8 Å². The van der Waals surface area contributed by atoms with Crippen molar-refractivity contribution in [3.05, 3.63) is 99.6 Å². The number of esters is 1. The first-order valence-electron chi connectivity index (χ1n) is 11.4. The number of carbonyl (C=O) groups is 2. The number of nitrogens with one attached hydrogen (secondary N) is 1. The number of fused-ring (bicyclic) bond motifs is 1. The molecule has 34 heavy (non-hydrogen) atoms. The first-order valence-corrected chi connectivity index (χ1v) is 11.4. The number of amides is 1. The third-order valence-corrected chi connectivity index (χ3v) is 5.91. The van der Waals surface area contributed by atoms with Crippen molar-refractivity contribution in [3.8, 4) is 0 Å². The van der Waals surface area contributed by atoms with E-state index >= 15 is 0 Å². The van der Waals surface area contributed by atoms with Gasteiger partial charge in [-0.25, -0.2) is 4.79 Å². The summed E-state index contributed by atoms with van der Waals surface area (Å²) in [4.78, 5) is 29.6. The molecule has 0 radical (unpaired) electrons. The van der Waals surface area contributed by atoms with Crippen molar-refractivity contribution < 1.29 is 14.3 Å². The van der Waals surface area contributed by atoms with E-state index in [4.69, 9.17) is 10.5 Å². The SMILES string of the molecule is Cc1cc(C)cc(C(=O)OCc2ccc(C(CN)C(=O)Nc3ccc4c(c3)CCN=C4)cc2)c1. The fourth-order valence-corrected chi connectivity index (χ4v) is 4.17. The summed E-state index contributed by atoms with van der Waals surface area (Å²) in [5.41, 5.74) is 13.2. The molecule has 0 aliphatic carbocycles. The van der Waals surface area contributed by atoms with Crippen LogP contribution in [0.1, 0.15) is 49.7 Å². The van der Waals surface area contributed by atoms with Crippen molar-refractivity contribution in [2.75, 3.05) is 18.4 Å². The lowest BCUT2D eigenvalue weighted by atomic mass is 9.96. The van der Waals surface area contributed by atoms with Gasteiger partial charge in [0.15, 0.2) is 0 Å². The van der Waals surface area contributed by atoms with E-state index in [1.54, 1.807) is 0 Å². The highest BCUT2D eigenvalue weighted by molar-refractivity contribution is 5.96. The van der Waals surface area contributed by atoms with E-state index in [-0.39, 0.29) is 25.0 Å². The van der Waals surface area contributed by atoms with E-state index in [2.05, 4.69) is 10.3 Å². The first-order chi connectivity index (χ1) is 16.4. The van der Waals surface area contributed by atoms with E-state index in [1.165, 1.54) is 5.56 Å². The van der Waals surface area contributed by atoms with Crippen LogP contribution in [0.2, 0.25) is 0 Å². The molecule has 3 N–H and O–H groups in total. The Balaban J connectivity index is 1.38. The highest BCUT2D eigenvalue weighted by Crippen LogP contribution is 2.22. The summed E-state index contributed by atoms with van der Waals surface area (Å²) >= 11 is 0. The summed E-state index contributed by atoms with van der Waals surface area (Å²) in [6, 6.07) is 18.9. The summed E-state index contributed by atoms with van der Waals surface area (Å²) in [7, 11) is 0. The van der Waals surface area contributed by atoms with E-state index in [9.17, 15) is 9.59 Å². The van der Waals surface area contributed by atoms with Crippen molar-refractivity contribution in [2.45, 2.75) is 32.8 Å². The van der Waals surface area contributed by atoms with Crippen LogP contribution < -0.4 is 11.1 Å². The quantitative estimate of drug-likeness (QED) is 0.519. The zero-order valence-corrected chi connectivity index (χ0v) is 19.5. The van der Waals surface area contributed by atoms with Crippen molar-refractivity contribution in [3.63, 3.8) is 0 Å². The van der Waals surface area contributed by atoms with Crippen LogP contribution in [0.5, 0.6) is 0 Å². The summed E-state index contributed by atoms with van der Waals surface area (Å²) in [6.07, 6.45) is 2.74. The molecule has 6 nitrogen and oxygen atoms in total. The van der Waals surface area contributed by atoms with Crippen LogP contribution in [0.4, 0.5) is 5.69 Å². The third kappa shape index (κ3) is 5.58. The molecule has 174 valence electrons. The number of ether oxygens (including phenoxy) is 1. The van der Waals surface area contributed by atoms with Gasteiger partial charge in [0.05, 0.1) is 11.5 Å². The molecule has 0 aromatic heterocycles. The Morgan fingerprint density at radius 3 is 2.47 bits per heavy atom. The maximum atomic E-state index is 12.9.